The molecule has 1 spiro atoms. The molecular formula is C25H27F6NOS. The van der Waals surface area contributed by atoms with Gasteiger partial charge in [-0.2, -0.15) is 38.1 Å². The quantitative estimate of drug-likeness (QED) is 0.463. The summed E-state index contributed by atoms with van der Waals surface area (Å²) in [5.74, 6) is 2.53. The van der Waals surface area contributed by atoms with Crippen LogP contribution in [0.2, 0.25) is 0 Å². The Labute approximate surface area is 199 Å². The molecule has 2 nitrogen and oxygen atoms in total. The van der Waals surface area contributed by atoms with Crippen molar-refractivity contribution in [3.63, 3.8) is 0 Å². The molecule has 9 heteroatoms. The Morgan fingerprint density at radius 2 is 1.53 bits per heavy atom. The summed E-state index contributed by atoms with van der Waals surface area (Å²) >= 11 is 1.97. The van der Waals surface area contributed by atoms with Gasteiger partial charge in [0.15, 0.2) is 0 Å². The molecule has 34 heavy (non-hydrogen) atoms. The predicted octanol–water partition coefficient (Wildman–Crippen LogP) is 6.65. The van der Waals surface area contributed by atoms with Crippen LogP contribution in [0.15, 0.2) is 36.4 Å². The van der Waals surface area contributed by atoms with Crippen LogP contribution in [-0.4, -0.2) is 47.0 Å². The molecule has 0 bridgehead atoms. The average molecular weight is 504 g/mol. The number of hydrogen-bond donors (Lipinski definition) is 1. The zero-order valence-electron chi connectivity index (χ0n) is 19.1. The van der Waals surface area contributed by atoms with Crippen molar-refractivity contribution in [1.82, 2.24) is 4.90 Å². The summed E-state index contributed by atoms with van der Waals surface area (Å²) in [6.07, 6.45) is -11.8. The van der Waals surface area contributed by atoms with E-state index in [1.807, 2.05) is 37.7 Å². The first-order valence-electron chi connectivity index (χ1n) is 11.1. The number of hydrogen-bond acceptors (Lipinski definition) is 3. The molecule has 4 rings (SSSR count). The van der Waals surface area contributed by atoms with Gasteiger partial charge in [0.05, 0.1) is 0 Å². The van der Waals surface area contributed by atoms with Gasteiger partial charge in [0, 0.05) is 42.1 Å². The van der Waals surface area contributed by atoms with Gasteiger partial charge in [0.2, 0.25) is 0 Å². The summed E-state index contributed by atoms with van der Waals surface area (Å²) < 4.78 is 79.8. The summed E-state index contributed by atoms with van der Waals surface area (Å²) in [6, 6.07) is 8.68. The number of benzene rings is 2. The van der Waals surface area contributed by atoms with E-state index in [9.17, 15) is 31.4 Å². The highest BCUT2D eigenvalue weighted by molar-refractivity contribution is 8.00. The van der Waals surface area contributed by atoms with E-state index in [4.69, 9.17) is 0 Å². The van der Waals surface area contributed by atoms with Crippen LogP contribution < -0.4 is 0 Å². The molecular weight excluding hydrogens is 476 g/mol. The van der Waals surface area contributed by atoms with Crippen molar-refractivity contribution in [2.45, 2.75) is 51.2 Å². The van der Waals surface area contributed by atoms with Crippen molar-refractivity contribution in [3.8, 4) is 11.1 Å². The molecule has 1 N–H and O–H groups in total. The number of aryl methyl sites for hydroxylation is 1. The van der Waals surface area contributed by atoms with Crippen molar-refractivity contribution in [2.24, 2.45) is 5.41 Å². The highest BCUT2D eigenvalue weighted by Gasteiger charge is 2.71. The van der Waals surface area contributed by atoms with Gasteiger partial charge < -0.3 is 5.11 Å². The van der Waals surface area contributed by atoms with Gasteiger partial charge in [-0.05, 0) is 40.7 Å². The first-order valence-corrected chi connectivity index (χ1v) is 12.2. The fourth-order valence-electron chi connectivity index (χ4n) is 4.96. The fraction of sp³-hybridized carbons (Fsp3) is 0.520. The molecule has 2 aromatic carbocycles. The number of aliphatic hydroxyl groups is 1. The van der Waals surface area contributed by atoms with Crippen LogP contribution >= 0.6 is 11.8 Å². The Balaban J connectivity index is 1.65. The van der Waals surface area contributed by atoms with Crippen molar-refractivity contribution in [1.29, 1.82) is 0 Å². The summed E-state index contributed by atoms with van der Waals surface area (Å²) in [4.78, 5) is 2.40. The van der Waals surface area contributed by atoms with Gasteiger partial charge in [-0.25, -0.2) is 0 Å². The molecule has 0 radical (unpaired) electrons. The van der Waals surface area contributed by atoms with E-state index in [0.717, 1.165) is 48.5 Å². The monoisotopic (exact) mass is 503 g/mol. The summed E-state index contributed by atoms with van der Waals surface area (Å²) in [5.41, 5.74) is -2.04. The van der Waals surface area contributed by atoms with Crippen molar-refractivity contribution in [3.05, 3.63) is 58.7 Å². The Hall–Kier alpha value is -1.71. The Morgan fingerprint density at radius 3 is 2.00 bits per heavy atom. The van der Waals surface area contributed by atoms with Gasteiger partial charge in [0.25, 0.3) is 5.60 Å². The second-order valence-electron chi connectivity index (χ2n) is 9.95. The zero-order valence-corrected chi connectivity index (χ0v) is 20.0. The number of rotatable bonds is 5. The smallest absolute Gasteiger partial charge is 0.369 e. The third-order valence-corrected chi connectivity index (χ3v) is 8.47. The largest absolute Gasteiger partial charge is 0.430 e. The fourth-order valence-corrected chi connectivity index (χ4v) is 6.10. The molecule has 0 unspecified atom stereocenters. The Kier molecular flexibility index (Phi) is 6.31. The molecule has 0 aromatic heterocycles. The molecule has 2 aromatic rings. The summed E-state index contributed by atoms with van der Waals surface area (Å²) in [7, 11) is 0. The normalized spacial score (nSPS) is 18.8. The van der Waals surface area contributed by atoms with Crippen molar-refractivity contribution in [2.75, 3.05) is 24.6 Å². The van der Waals surface area contributed by atoms with Crippen LogP contribution in [0.3, 0.4) is 0 Å². The van der Waals surface area contributed by atoms with Crippen LogP contribution in [0.1, 0.15) is 42.0 Å². The zero-order chi connectivity index (χ0) is 25.1. The second kappa shape index (κ2) is 8.45. The molecule has 0 atom stereocenters. The van der Waals surface area contributed by atoms with Gasteiger partial charge in [-0.15, -0.1) is 0 Å². The number of likely N-dealkylation sites (tertiary alicyclic amines) is 1. The molecule has 2 heterocycles. The minimum absolute atomic E-state index is 0.0991. The molecule has 2 aliphatic rings. The van der Waals surface area contributed by atoms with Crippen LogP contribution in [0.25, 0.3) is 11.1 Å². The van der Waals surface area contributed by atoms with Crippen LogP contribution in [0.5, 0.6) is 0 Å². The molecule has 2 saturated heterocycles. The van der Waals surface area contributed by atoms with Crippen LogP contribution in [0.4, 0.5) is 26.3 Å². The van der Waals surface area contributed by atoms with E-state index in [0.29, 0.717) is 11.0 Å². The van der Waals surface area contributed by atoms with Gasteiger partial charge >= 0.3 is 12.4 Å². The van der Waals surface area contributed by atoms with Gasteiger partial charge in [-0.1, -0.05) is 50.2 Å². The van der Waals surface area contributed by atoms with Crippen LogP contribution in [-0.2, 0) is 12.1 Å². The Morgan fingerprint density at radius 1 is 0.941 bits per heavy atom. The highest BCUT2D eigenvalue weighted by atomic mass is 32.2. The predicted molar refractivity (Wildman–Crippen MR) is 122 cm³/mol. The third-order valence-electron chi connectivity index (χ3n) is 6.83. The summed E-state index contributed by atoms with van der Waals surface area (Å²) in [6.45, 7) is 8.45. The molecule has 0 saturated carbocycles. The first-order chi connectivity index (χ1) is 15.7. The lowest BCUT2D eigenvalue weighted by atomic mass is 9.82. The lowest BCUT2D eigenvalue weighted by Gasteiger charge is -2.55. The molecule has 186 valence electrons. The number of thioether (sulfide) groups is 1. The SMILES string of the molecule is Cc1cc(C(O)(C(F)(F)F)C(F)(F)F)ccc1-c1ccc(CN2CC3(CSC3)C2)cc1C(C)C. The van der Waals surface area contributed by atoms with Gasteiger partial charge in [0.1, 0.15) is 0 Å². The third kappa shape index (κ3) is 4.24. The standard InChI is InChI=1S/C25H27F6NOS/c1-15(2)21-9-17(10-32-11-22(12-32)13-34-14-22)4-6-20(21)19-7-5-18(8-16(19)3)23(33,24(26,27)28)25(29,30)31/h4-9,15,33H,10-14H2,1-3H3. The Bertz CT molecular complexity index is 1050. The van der Waals surface area contributed by atoms with Crippen molar-refractivity contribution >= 4 is 11.8 Å². The second-order valence-corrected chi connectivity index (χ2v) is 10.9. The highest BCUT2D eigenvalue weighted by Crippen LogP contribution is 2.51. The summed E-state index contributed by atoms with van der Waals surface area (Å²) in [5, 5.41) is 9.74. The van der Waals surface area contributed by atoms with E-state index in [-0.39, 0.29) is 11.5 Å². The number of alkyl halides is 6. The van der Waals surface area contributed by atoms with E-state index in [1.165, 1.54) is 24.5 Å². The van der Waals surface area contributed by atoms with E-state index < -0.39 is 23.5 Å². The van der Waals surface area contributed by atoms with Crippen molar-refractivity contribution < 1.29 is 31.4 Å². The molecule has 0 amide bonds. The lowest BCUT2D eigenvalue weighted by Crippen LogP contribution is -2.62. The molecule has 0 aliphatic carbocycles. The van der Waals surface area contributed by atoms with E-state index in [2.05, 4.69) is 11.0 Å². The number of nitrogens with zero attached hydrogens (tertiary/aromatic N) is 1. The topological polar surface area (TPSA) is 23.5 Å². The maximum Gasteiger partial charge on any atom is 0.430 e. The average Bonchev–Trinajstić information content (AvgIpc) is 2.66. The minimum Gasteiger partial charge on any atom is -0.369 e. The lowest BCUT2D eigenvalue weighted by molar-refractivity contribution is -0.376. The molecule has 2 aliphatic heterocycles. The van der Waals surface area contributed by atoms with Crippen LogP contribution in [0, 0.1) is 12.3 Å². The molecule has 2 fully saturated rings. The number of halogens is 6. The minimum atomic E-state index is -5.91. The van der Waals surface area contributed by atoms with E-state index >= 15 is 0 Å². The van der Waals surface area contributed by atoms with Gasteiger partial charge in [-0.3, -0.25) is 4.90 Å². The maximum atomic E-state index is 13.3. The van der Waals surface area contributed by atoms with E-state index in [1.54, 1.807) is 0 Å². The first kappa shape index (κ1) is 25.4. The maximum absolute atomic E-state index is 13.3.